The lowest BCUT2D eigenvalue weighted by atomic mass is 9.77. The molecule has 3 N–H and O–H groups in total. The monoisotopic (exact) mass is 262 g/mol. The highest BCUT2D eigenvalue weighted by Crippen LogP contribution is 2.30. The van der Waals surface area contributed by atoms with Crippen LogP contribution < -0.4 is 16.0 Å². The summed E-state index contributed by atoms with van der Waals surface area (Å²) >= 11 is 0. The van der Waals surface area contributed by atoms with Crippen molar-refractivity contribution in [1.29, 1.82) is 0 Å². The fourth-order valence-electron chi connectivity index (χ4n) is 2.23. The molecule has 1 amide bonds. The van der Waals surface area contributed by atoms with Crippen LogP contribution in [0.4, 0.5) is 11.5 Å². The van der Waals surface area contributed by atoms with E-state index in [0.717, 1.165) is 38.2 Å². The maximum Gasteiger partial charge on any atom is 0.244 e. The summed E-state index contributed by atoms with van der Waals surface area (Å²) in [5.74, 6) is 0.824. The van der Waals surface area contributed by atoms with Crippen LogP contribution in [-0.2, 0) is 4.79 Å². The number of hydrogen-bond acceptors (Lipinski definition) is 4. The zero-order chi connectivity index (χ0) is 13.9. The molecule has 1 aliphatic carbocycles. The lowest BCUT2D eigenvalue weighted by Gasteiger charge is -2.36. The number of anilines is 2. The quantitative estimate of drug-likeness (QED) is 0.848. The van der Waals surface area contributed by atoms with Gasteiger partial charge in [0.15, 0.2) is 0 Å². The summed E-state index contributed by atoms with van der Waals surface area (Å²) in [5, 5.41) is 2.84. The number of nitrogens with zero attached hydrogens (tertiary/aromatic N) is 2. The van der Waals surface area contributed by atoms with Crippen LogP contribution in [0.1, 0.15) is 33.1 Å². The molecule has 104 valence electrons. The molecule has 2 rings (SSSR count). The lowest BCUT2D eigenvalue weighted by Crippen LogP contribution is -2.56. The normalized spacial score (nSPS) is 16.6. The van der Waals surface area contributed by atoms with E-state index in [4.69, 9.17) is 5.73 Å². The first-order valence-corrected chi connectivity index (χ1v) is 6.90. The van der Waals surface area contributed by atoms with Gasteiger partial charge in [-0.3, -0.25) is 4.79 Å². The van der Waals surface area contributed by atoms with Crippen molar-refractivity contribution in [3.63, 3.8) is 0 Å². The van der Waals surface area contributed by atoms with Gasteiger partial charge in [-0.1, -0.05) is 0 Å². The molecule has 5 heteroatoms. The second-order valence-corrected chi connectivity index (χ2v) is 5.04. The second kappa shape index (κ2) is 5.57. The lowest BCUT2D eigenvalue weighted by molar-refractivity contribution is -0.123. The van der Waals surface area contributed by atoms with E-state index in [2.05, 4.69) is 29.0 Å². The number of pyridine rings is 1. The number of carbonyl (C=O) groups excluding carboxylic acids is 1. The predicted molar refractivity (Wildman–Crippen MR) is 77.2 cm³/mol. The van der Waals surface area contributed by atoms with Gasteiger partial charge in [-0.2, -0.15) is 0 Å². The molecule has 0 aliphatic heterocycles. The molecule has 0 atom stereocenters. The summed E-state index contributed by atoms with van der Waals surface area (Å²) in [6, 6.07) is 3.80. The average molecular weight is 262 g/mol. The Morgan fingerprint density at radius 1 is 1.42 bits per heavy atom. The van der Waals surface area contributed by atoms with Crippen LogP contribution in [0.5, 0.6) is 0 Å². The number of aromatic nitrogens is 1. The summed E-state index contributed by atoms with van der Waals surface area (Å²) in [5.41, 5.74) is 6.01. The first kappa shape index (κ1) is 13.8. The van der Waals surface area contributed by atoms with Gasteiger partial charge in [0.1, 0.15) is 5.82 Å². The van der Waals surface area contributed by atoms with Crippen molar-refractivity contribution in [1.82, 2.24) is 4.98 Å². The Morgan fingerprint density at radius 2 is 2.11 bits per heavy atom. The predicted octanol–water partition coefficient (Wildman–Crippen LogP) is 1.75. The van der Waals surface area contributed by atoms with E-state index in [-0.39, 0.29) is 5.91 Å². The van der Waals surface area contributed by atoms with Gasteiger partial charge in [0.05, 0.1) is 17.4 Å². The van der Waals surface area contributed by atoms with Gasteiger partial charge in [-0.05, 0) is 45.2 Å². The SMILES string of the molecule is CCN(CC)c1ccc(NC(=O)C2(N)CCC2)cn1. The minimum absolute atomic E-state index is 0.101. The van der Waals surface area contributed by atoms with Gasteiger partial charge >= 0.3 is 0 Å². The van der Waals surface area contributed by atoms with Crippen LogP contribution in [0.15, 0.2) is 18.3 Å². The molecule has 0 unspecified atom stereocenters. The highest BCUT2D eigenvalue weighted by atomic mass is 16.2. The van der Waals surface area contributed by atoms with E-state index in [1.54, 1.807) is 6.20 Å². The highest BCUT2D eigenvalue weighted by Gasteiger charge is 2.40. The molecule has 1 aromatic heterocycles. The van der Waals surface area contributed by atoms with Crippen molar-refractivity contribution in [3.8, 4) is 0 Å². The van der Waals surface area contributed by atoms with Crippen molar-refractivity contribution in [3.05, 3.63) is 18.3 Å². The zero-order valence-electron chi connectivity index (χ0n) is 11.6. The third kappa shape index (κ3) is 2.87. The Labute approximate surface area is 114 Å². The van der Waals surface area contributed by atoms with Gasteiger partial charge in [-0.25, -0.2) is 4.98 Å². The van der Waals surface area contributed by atoms with Gasteiger partial charge in [-0.15, -0.1) is 0 Å². The number of nitrogens with two attached hydrogens (primary N) is 1. The van der Waals surface area contributed by atoms with Crippen LogP contribution in [0.2, 0.25) is 0 Å². The van der Waals surface area contributed by atoms with Gasteiger partial charge in [0, 0.05) is 13.1 Å². The summed E-state index contributed by atoms with van der Waals surface area (Å²) < 4.78 is 0. The largest absolute Gasteiger partial charge is 0.357 e. The molecule has 0 bridgehead atoms. The molecule has 19 heavy (non-hydrogen) atoms. The van der Waals surface area contributed by atoms with Gasteiger partial charge in [0.25, 0.3) is 0 Å². The third-order valence-corrected chi connectivity index (χ3v) is 3.79. The van der Waals surface area contributed by atoms with Gasteiger partial charge in [0.2, 0.25) is 5.91 Å². The van der Waals surface area contributed by atoms with E-state index in [0.29, 0.717) is 5.69 Å². The molecule has 1 fully saturated rings. The molecule has 0 saturated heterocycles. The molecular weight excluding hydrogens is 240 g/mol. The zero-order valence-corrected chi connectivity index (χ0v) is 11.6. The maximum atomic E-state index is 12.0. The van der Waals surface area contributed by atoms with Crippen molar-refractivity contribution in [2.75, 3.05) is 23.3 Å². The number of carbonyl (C=O) groups is 1. The molecule has 0 spiro atoms. The molecule has 1 aromatic rings. The average Bonchev–Trinajstić information content (AvgIpc) is 2.39. The minimum atomic E-state index is -0.669. The number of amides is 1. The Bertz CT molecular complexity index is 435. The molecule has 5 nitrogen and oxygen atoms in total. The van der Waals surface area contributed by atoms with E-state index in [9.17, 15) is 4.79 Å². The number of nitrogens with one attached hydrogen (secondary N) is 1. The molecule has 0 aromatic carbocycles. The summed E-state index contributed by atoms with van der Waals surface area (Å²) in [4.78, 5) is 18.5. The van der Waals surface area contributed by atoms with Crippen molar-refractivity contribution >= 4 is 17.4 Å². The molecule has 1 heterocycles. The van der Waals surface area contributed by atoms with Crippen molar-refractivity contribution in [2.24, 2.45) is 5.73 Å². The van der Waals surface area contributed by atoms with Crippen LogP contribution in [0.3, 0.4) is 0 Å². The molecule has 1 aliphatic rings. The minimum Gasteiger partial charge on any atom is -0.357 e. The Balaban J connectivity index is 2.00. The summed E-state index contributed by atoms with van der Waals surface area (Å²) in [7, 11) is 0. The van der Waals surface area contributed by atoms with Crippen LogP contribution in [0, 0.1) is 0 Å². The van der Waals surface area contributed by atoms with Crippen LogP contribution in [-0.4, -0.2) is 29.5 Å². The highest BCUT2D eigenvalue weighted by molar-refractivity contribution is 5.98. The van der Waals surface area contributed by atoms with Gasteiger partial charge < -0.3 is 16.0 Å². The first-order valence-electron chi connectivity index (χ1n) is 6.90. The summed E-state index contributed by atoms with van der Waals surface area (Å²) in [6.45, 7) is 6.02. The molecular formula is C14H22N4O. The Morgan fingerprint density at radius 3 is 2.53 bits per heavy atom. The topological polar surface area (TPSA) is 71.2 Å². The third-order valence-electron chi connectivity index (χ3n) is 3.79. The fraction of sp³-hybridized carbons (Fsp3) is 0.571. The number of rotatable bonds is 5. The van der Waals surface area contributed by atoms with Crippen LogP contribution in [0.25, 0.3) is 0 Å². The maximum absolute atomic E-state index is 12.0. The van der Waals surface area contributed by atoms with Crippen molar-refractivity contribution < 1.29 is 4.79 Å². The molecule has 0 radical (unpaired) electrons. The van der Waals surface area contributed by atoms with Crippen molar-refractivity contribution in [2.45, 2.75) is 38.6 Å². The smallest absolute Gasteiger partial charge is 0.244 e. The standard InChI is InChI=1S/C14H22N4O/c1-3-18(4-2)12-7-6-11(10-16-12)17-13(19)14(15)8-5-9-14/h6-7,10H,3-5,8-9,15H2,1-2H3,(H,17,19). The Hall–Kier alpha value is -1.62. The molecule has 1 saturated carbocycles. The van der Waals surface area contributed by atoms with E-state index >= 15 is 0 Å². The Kier molecular flexibility index (Phi) is 4.04. The van der Waals surface area contributed by atoms with E-state index in [1.807, 2.05) is 12.1 Å². The summed E-state index contributed by atoms with van der Waals surface area (Å²) in [6.07, 6.45) is 4.25. The van der Waals surface area contributed by atoms with E-state index < -0.39 is 5.54 Å². The van der Waals surface area contributed by atoms with E-state index in [1.165, 1.54) is 0 Å². The number of hydrogen-bond donors (Lipinski definition) is 2. The fourth-order valence-corrected chi connectivity index (χ4v) is 2.23. The van der Waals surface area contributed by atoms with Crippen LogP contribution >= 0.6 is 0 Å². The second-order valence-electron chi connectivity index (χ2n) is 5.04. The first-order chi connectivity index (χ1) is 9.09.